The van der Waals surface area contributed by atoms with E-state index in [9.17, 15) is 4.79 Å². The molecule has 0 aliphatic rings. The number of nitrogens with one attached hydrogen (secondary N) is 2. The van der Waals surface area contributed by atoms with Crippen molar-refractivity contribution in [2.45, 2.75) is 13.5 Å². The van der Waals surface area contributed by atoms with Crippen molar-refractivity contribution in [3.63, 3.8) is 0 Å². The minimum absolute atomic E-state index is 0.0574. The van der Waals surface area contributed by atoms with Crippen LogP contribution >= 0.6 is 11.6 Å². The fourth-order valence-electron chi connectivity index (χ4n) is 2.06. The van der Waals surface area contributed by atoms with Crippen molar-refractivity contribution in [2.24, 2.45) is 0 Å². The summed E-state index contributed by atoms with van der Waals surface area (Å²) in [6.07, 6.45) is 0. The quantitative estimate of drug-likeness (QED) is 0.758. The van der Waals surface area contributed by atoms with Crippen LogP contribution in [0.1, 0.15) is 11.1 Å². The smallest absolute Gasteiger partial charge is 0.319 e. The van der Waals surface area contributed by atoms with Crippen molar-refractivity contribution < 1.29 is 14.6 Å². The largest absolute Gasteiger partial charge is 0.491 e. The fourth-order valence-corrected chi connectivity index (χ4v) is 2.28. The van der Waals surface area contributed by atoms with Crippen molar-refractivity contribution in [1.82, 2.24) is 5.32 Å². The van der Waals surface area contributed by atoms with Gasteiger partial charge in [0.15, 0.2) is 0 Å². The number of amides is 2. The summed E-state index contributed by atoms with van der Waals surface area (Å²) in [5.74, 6) is 0.643. The fraction of sp³-hybridized carbons (Fsp3) is 0.235. The van der Waals surface area contributed by atoms with Gasteiger partial charge in [-0.1, -0.05) is 29.8 Å². The van der Waals surface area contributed by atoms with Gasteiger partial charge in [0.25, 0.3) is 0 Å². The molecule has 0 aliphatic carbocycles. The van der Waals surface area contributed by atoms with Crippen LogP contribution in [0.4, 0.5) is 10.5 Å². The maximum atomic E-state index is 12.0. The number of ether oxygens (including phenoxy) is 1. The zero-order valence-electron chi connectivity index (χ0n) is 12.8. The van der Waals surface area contributed by atoms with Crippen LogP contribution in [0.2, 0.25) is 5.02 Å². The molecule has 3 N–H and O–H groups in total. The number of rotatable bonds is 6. The molecule has 0 aliphatic heterocycles. The zero-order valence-corrected chi connectivity index (χ0v) is 13.6. The summed E-state index contributed by atoms with van der Waals surface area (Å²) in [6, 6.07) is 12.3. The Bertz CT molecular complexity index is 677. The van der Waals surface area contributed by atoms with Crippen LogP contribution in [0, 0.1) is 6.92 Å². The van der Waals surface area contributed by atoms with Gasteiger partial charge in [0.2, 0.25) is 0 Å². The number of hydrogen-bond acceptors (Lipinski definition) is 3. The molecular weight excluding hydrogens is 316 g/mol. The third kappa shape index (κ3) is 5.16. The summed E-state index contributed by atoms with van der Waals surface area (Å²) < 4.78 is 5.43. The van der Waals surface area contributed by atoms with Gasteiger partial charge in [-0.3, -0.25) is 0 Å². The SMILES string of the molecule is Cc1cc(Cl)ccc1NC(=O)NCc1ccccc1OCCO. The summed E-state index contributed by atoms with van der Waals surface area (Å²) in [4.78, 5) is 12.0. The van der Waals surface area contributed by atoms with E-state index in [1.54, 1.807) is 24.3 Å². The molecule has 0 fully saturated rings. The van der Waals surface area contributed by atoms with Crippen LogP contribution < -0.4 is 15.4 Å². The van der Waals surface area contributed by atoms with E-state index in [0.29, 0.717) is 23.0 Å². The molecule has 0 aromatic heterocycles. The Morgan fingerprint density at radius 1 is 1.26 bits per heavy atom. The number of carbonyl (C=O) groups is 1. The van der Waals surface area contributed by atoms with Crippen LogP contribution in [-0.2, 0) is 6.54 Å². The van der Waals surface area contributed by atoms with Gasteiger partial charge in [0, 0.05) is 22.8 Å². The van der Waals surface area contributed by atoms with Crippen molar-refractivity contribution in [1.29, 1.82) is 0 Å². The van der Waals surface area contributed by atoms with Gasteiger partial charge in [0.05, 0.1) is 6.61 Å². The topological polar surface area (TPSA) is 70.6 Å². The number of para-hydroxylation sites is 1. The van der Waals surface area contributed by atoms with Gasteiger partial charge in [0.1, 0.15) is 12.4 Å². The van der Waals surface area contributed by atoms with Crippen LogP contribution in [0.15, 0.2) is 42.5 Å². The predicted molar refractivity (Wildman–Crippen MR) is 91.1 cm³/mol. The highest BCUT2D eigenvalue weighted by Crippen LogP contribution is 2.20. The Hall–Kier alpha value is -2.24. The lowest BCUT2D eigenvalue weighted by atomic mass is 10.2. The minimum atomic E-state index is -0.313. The van der Waals surface area contributed by atoms with Crippen LogP contribution in [0.25, 0.3) is 0 Å². The molecule has 0 saturated carbocycles. The number of hydrogen-bond donors (Lipinski definition) is 3. The van der Waals surface area contributed by atoms with Crippen LogP contribution in [-0.4, -0.2) is 24.4 Å². The molecule has 0 heterocycles. The van der Waals surface area contributed by atoms with Gasteiger partial charge in [-0.15, -0.1) is 0 Å². The van der Waals surface area contributed by atoms with Crippen molar-refractivity contribution in [3.05, 3.63) is 58.6 Å². The van der Waals surface area contributed by atoms with Gasteiger partial charge < -0.3 is 20.5 Å². The van der Waals surface area contributed by atoms with E-state index in [1.807, 2.05) is 25.1 Å². The molecule has 0 radical (unpaired) electrons. The maximum Gasteiger partial charge on any atom is 0.319 e. The Kier molecular flexibility index (Phi) is 6.26. The second-order valence-electron chi connectivity index (χ2n) is 4.95. The lowest BCUT2D eigenvalue weighted by Crippen LogP contribution is -2.28. The molecular formula is C17H19ClN2O3. The number of urea groups is 1. The van der Waals surface area contributed by atoms with Crippen LogP contribution in [0.3, 0.4) is 0 Å². The Morgan fingerprint density at radius 2 is 2.04 bits per heavy atom. The summed E-state index contributed by atoms with van der Waals surface area (Å²) in [7, 11) is 0. The Labute approximate surface area is 140 Å². The summed E-state index contributed by atoms with van der Waals surface area (Å²) in [5, 5.41) is 15.0. The Morgan fingerprint density at radius 3 is 2.78 bits per heavy atom. The van der Waals surface area contributed by atoms with Crippen molar-refractivity contribution in [3.8, 4) is 5.75 Å². The van der Waals surface area contributed by atoms with E-state index in [1.165, 1.54) is 0 Å². The lowest BCUT2D eigenvalue weighted by molar-refractivity contribution is 0.200. The molecule has 23 heavy (non-hydrogen) atoms. The van der Waals surface area contributed by atoms with E-state index in [4.69, 9.17) is 21.4 Å². The zero-order chi connectivity index (χ0) is 16.7. The van der Waals surface area contributed by atoms with Gasteiger partial charge in [-0.05, 0) is 36.8 Å². The van der Waals surface area contributed by atoms with Crippen molar-refractivity contribution in [2.75, 3.05) is 18.5 Å². The number of anilines is 1. The normalized spacial score (nSPS) is 10.2. The highest BCUT2D eigenvalue weighted by atomic mass is 35.5. The molecule has 0 atom stereocenters. The lowest BCUT2D eigenvalue weighted by Gasteiger charge is -2.13. The molecule has 0 spiro atoms. The second kappa shape index (κ2) is 8.41. The van der Waals surface area contributed by atoms with E-state index in [0.717, 1.165) is 11.1 Å². The molecule has 2 amide bonds. The third-order valence-corrected chi connectivity index (χ3v) is 3.43. The third-order valence-electron chi connectivity index (χ3n) is 3.20. The standard InChI is InChI=1S/C17H19ClN2O3/c1-12-10-14(18)6-7-15(12)20-17(22)19-11-13-4-2-3-5-16(13)23-9-8-21/h2-7,10,21H,8-9,11H2,1H3,(H2,19,20,22). The number of halogens is 1. The monoisotopic (exact) mass is 334 g/mol. The average molecular weight is 335 g/mol. The molecule has 0 saturated heterocycles. The first-order valence-electron chi connectivity index (χ1n) is 7.22. The van der Waals surface area contributed by atoms with E-state index in [-0.39, 0.29) is 19.2 Å². The number of carbonyl (C=O) groups excluding carboxylic acids is 1. The minimum Gasteiger partial charge on any atom is -0.491 e. The molecule has 122 valence electrons. The van der Waals surface area contributed by atoms with Crippen molar-refractivity contribution >= 4 is 23.3 Å². The van der Waals surface area contributed by atoms with Gasteiger partial charge in [-0.2, -0.15) is 0 Å². The predicted octanol–water partition coefficient (Wildman–Crippen LogP) is 3.34. The van der Waals surface area contributed by atoms with Crippen LogP contribution in [0.5, 0.6) is 5.75 Å². The summed E-state index contributed by atoms with van der Waals surface area (Å²) >= 11 is 5.89. The highest BCUT2D eigenvalue weighted by molar-refractivity contribution is 6.30. The maximum absolute atomic E-state index is 12.0. The first-order valence-corrected chi connectivity index (χ1v) is 7.60. The average Bonchev–Trinajstić information content (AvgIpc) is 2.54. The molecule has 0 bridgehead atoms. The number of aliphatic hydroxyl groups is 1. The molecule has 2 aromatic carbocycles. The van der Waals surface area contributed by atoms with Gasteiger partial charge >= 0.3 is 6.03 Å². The van der Waals surface area contributed by atoms with E-state index in [2.05, 4.69) is 10.6 Å². The first kappa shape index (κ1) is 17.1. The van der Waals surface area contributed by atoms with E-state index < -0.39 is 0 Å². The second-order valence-corrected chi connectivity index (χ2v) is 5.38. The number of benzene rings is 2. The van der Waals surface area contributed by atoms with Gasteiger partial charge in [-0.25, -0.2) is 4.79 Å². The summed E-state index contributed by atoms with van der Waals surface area (Å²) in [6.45, 7) is 2.35. The van der Waals surface area contributed by atoms with E-state index >= 15 is 0 Å². The first-order chi connectivity index (χ1) is 11.1. The molecule has 2 aromatic rings. The molecule has 0 unspecified atom stereocenters. The summed E-state index contributed by atoms with van der Waals surface area (Å²) in [5.41, 5.74) is 2.43. The number of aryl methyl sites for hydroxylation is 1. The molecule has 2 rings (SSSR count). The Balaban J connectivity index is 1.94. The highest BCUT2D eigenvalue weighted by Gasteiger charge is 2.07. The molecule has 6 heteroatoms. The molecule has 5 nitrogen and oxygen atoms in total. The number of aliphatic hydroxyl groups excluding tert-OH is 1.